The highest BCUT2D eigenvalue weighted by atomic mass is 35.5. The van der Waals surface area contributed by atoms with Crippen molar-refractivity contribution in [2.75, 3.05) is 43.5 Å². The highest BCUT2D eigenvalue weighted by Gasteiger charge is 2.35. The van der Waals surface area contributed by atoms with Crippen LogP contribution in [-0.2, 0) is 4.74 Å². The van der Waals surface area contributed by atoms with Gasteiger partial charge in [-0.1, -0.05) is 19.0 Å². The van der Waals surface area contributed by atoms with E-state index in [0.29, 0.717) is 33.5 Å². The van der Waals surface area contributed by atoms with Crippen molar-refractivity contribution in [1.29, 1.82) is 0 Å². The van der Waals surface area contributed by atoms with Crippen molar-refractivity contribution in [3.63, 3.8) is 0 Å². The van der Waals surface area contributed by atoms with E-state index in [1.165, 1.54) is 31.4 Å². The van der Waals surface area contributed by atoms with Crippen LogP contribution in [0.4, 0.5) is 77.5 Å². The summed E-state index contributed by atoms with van der Waals surface area (Å²) >= 11 is 17.5. The summed E-state index contributed by atoms with van der Waals surface area (Å²) in [7, 11) is 0. The van der Waals surface area contributed by atoms with Crippen LogP contribution in [0.1, 0.15) is 76.9 Å². The number of alkyl halides is 9. The number of halogens is 18. The Morgan fingerprint density at radius 3 is 1.20 bits per heavy atom. The first kappa shape index (κ1) is 65.6. The van der Waals surface area contributed by atoms with Crippen molar-refractivity contribution in [3.05, 3.63) is 112 Å². The standard InChI is InChI=1S/C16H11ClF5N5.C16H12F5N5.C14H8Cl2F2N4.C4H8O.C2H4F3N.CH4/c17-15-23-5-8(13(26-15)24-6-16(20,21)22)14-25-11-3-9(18)10(19)4-12(11)27(14)7-1-2-7;17-10-3-12-13(4-11(10)18)26(8-1-2-8)15(25-12)9-5-22-7-24-14(9)23-6-16(19,20)21;15-12-7(5-19-14(16)21-12)13-20-10-3-8(17)9(18)4-11(10)22(13)6-1-2-6;1-2-4-5-3-1;3-2(4,5)1-6;/h3-5,7H,1-2,6H2,(H,23,24,26);3-5,7-8H,1-2,6H2,(H,22,23,24);3-6H,1-2H2;1-4H2;1,6H2;1H4. The van der Waals surface area contributed by atoms with Crippen LogP contribution in [0.3, 0.4) is 0 Å². The maximum absolute atomic E-state index is 13.7. The molecule has 34 heteroatoms. The maximum Gasteiger partial charge on any atom is 0.405 e. The van der Waals surface area contributed by atoms with Crippen LogP contribution < -0.4 is 16.4 Å². The van der Waals surface area contributed by atoms with Gasteiger partial charge in [-0.15, -0.1) is 0 Å². The van der Waals surface area contributed by atoms with Crippen molar-refractivity contribution in [2.45, 2.75) is 95.4 Å². The van der Waals surface area contributed by atoms with Gasteiger partial charge in [-0.3, -0.25) is 0 Å². The molecule has 0 amide bonds. The van der Waals surface area contributed by atoms with Crippen LogP contribution >= 0.6 is 34.8 Å². The van der Waals surface area contributed by atoms with Gasteiger partial charge in [0.15, 0.2) is 34.9 Å². The molecule has 466 valence electrons. The van der Waals surface area contributed by atoms with E-state index in [2.05, 4.69) is 61.2 Å². The van der Waals surface area contributed by atoms with Gasteiger partial charge in [-0.05, 0) is 74.6 Å². The number of benzene rings is 3. The number of nitrogens with two attached hydrogens (primary N) is 1. The molecule has 4 N–H and O–H groups in total. The third-order valence-electron chi connectivity index (χ3n) is 12.8. The highest BCUT2D eigenvalue weighted by Crippen LogP contribution is 2.45. The summed E-state index contributed by atoms with van der Waals surface area (Å²) < 4.78 is 199. The van der Waals surface area contributed by atoms with E-state index in [1.54, 1.807) is 9.13 Å². The minimum atomic E-state index is -4.47. The summed E-state index contributed by atoms with van der Waals surface area (Å²) in [5, 5.41) is 4.35. The van der Waals surface area contributed by atoms with Crippen molar-refractivity contribution in [2.24, 2.45) is 5.73 Å². The lowest BCUT2D eigenvalue weighted by Gasteiger charge is -2.14. The lowest BCUT2D eigenvalue weighted by molar-refractivity contribution is -0.119. The summed E-state index contributed by atoms with van der Waals surface area (Å²) in [4.78, 5) is 36.1. The first-order valence-corrected chi connectivity index (χ1v) is 26.9. The lowest BCUT2D eigenvalue weighted by atomic mass is 10.2. The normalized spacial score (nSPS) is 14.9. The van der Waals surface area contributed by atoms with Crippen LogP contribution in [0.25, 0.3) is 67.3 Å². The molecule has 3 aliphatic carbocycles. The molecular weight excluding hydrogens is 1250 g/mol. The number of fused-ring (bicyclic) bond motifs is 3. The Kier molecular flexibility index (Phi) is 20.3. The molecule has 16 nitrogen and oxygen atoms in total. The Morgan fingerprint density at radius 1 is 0.483 bits per heavy atom. The second-order valence-corrected chi connectivity index (χ2v) is 20.5. The Bertz CT molecular complexity index is 3890. The summed E-state index contributed by atoms with van der Waals surface area (Å²) in [5.41, 5.74) is 7.09. The minimum Gasteiger partial charge on any atom is -0.381 e. The number of aromatic nitrogens is 12. The van der Waals surface area contributed by atoms with Crippen LogP contribution in [0.15, 0.2) is 61.3 Å². The summed E-state index contributed by atoms with van der Waals surface area (Å²) in [6.07, 6.45) is -0.271. The second kappa shape index (κ2) is 27.0. The van der Waals surface area contributed by atoms with Crippen molar-refractivity contribution in [1.82, 2.24) is 58.6 Å². The summed E-state index contributed by atoms with van der Waals surface area (Å²) in [6, 6.07) is 6.44. The van der Waals surface area contributed by atoms with E-state index in [4.69, 9.17) is 39.5 Å². The fraction of sp³-hybridized carbons (Fsp3) is 0.377. The van der Waals surface area contributed by atoms with Gasteiger partial charge in [0.25, 0.3) is 0 Å². The number of rotatable bonds is 10. The number of hydrogen-bond donors (Lipinski definition) is 3. The molecule has 0 unspecified atom stereocenters. The maximum atomic E-state index is 13.7. The molecule has 0 atom stereocenters. The zero-order valence-corrected chi connectivity index (χ0v) is 46.1. The minimum absolute atomic E-state index is 0. The number of imidazole rings is 3. The monoisotopic (exact) mass is 1300 g/mol. The van der Waals surface area contributed by atoms with Crippen molar-refractivity contribution >= 4 is 79.5 Å². The van der Waals surface area contributed by atoms with Gasteiger partial charge in [0.05, 0.1) is 56.3 Å². The molecule has 4 fully saturated rings. The zero-order valence-electron chi connectivity index (χ0n) is 43.9. The smallest absolute Gasteiger partial charge is 0.381 e. The molecule has 1 aliphatic heterocycles. The van der Waals surface area contributed by atoms with Crippen LogP contribution in [0.5, 0.6) is 0 Å². The van der Waals surface area contributed by atoms with Gasteiger partial charge < -0.3 is 34.8 Å². The fourth-order valence-electron chi connectivity index (χ4n) is 8.61. The molecule has 3 saturated carbocycles. The number of nitrogens with zero attached hydrogens (tertiary/aromatic N) is 12. The van der Waals surface area contributed by atoms with E-state index in [0.717, 1.165) is 94.5 Å². The fourth-order valence-corrected chi connectivity index (χ4v) is 9.13. The van der Waals surface area contributed by atoms with E-state index in [1.807, 2.05) is 4.57 Å². The molecular formula is C53H47Cl3F15N15O. The predicted octanol–water partition coefficient (Wildman–Crippen LogP) is 15.2. The van der Waals surface area contributed by atoms with Crippen molar-refractivity contribution in [3.8, 4) is 34.2 Å². The third-order valence-corrected chi connectivity index (χ3v) is 13.5. The van der Waals surface area contributed by atoms with Crippen molar-refractivity contribution < 1.29 is 70.6 Å². The molecule has 0 radical (unpaired) electrons. The zero-order chi connectivity index (χ0) is 62.0. The highest BCUT2D eigenvalue weighted by molar-refractivity contribution is 6.33. The largest absolute Gasteiger partial charge is 0.405 e. The van der Waals surface area contributed by atoms with E-state index < -0.39 is 73.1 Å². The van der Waals surface area contributed by atoms with Crippen LogP contribution in [-0.4, -0.2) is 110 Å². The predicted molar refractivity (Wildman–Crippen MR) is 293 cm³/mol. The Morgan fingerprint density at radius 2 is 0.839 bits per heavy atom. The molecule has 0 bridgehead atoms. The van der Waals surface area contributed by atoms with E-state index >= 15 is 0 Å². The van der Waals surface area contributed by atoms with Gasteiger partial charge >= 0.3 is 18.5 Å². The molecule has 9 aromatic rings. The lowest BCUT2D eigenvalue weighted by Crippen LogP contribution is -2.22. The second-order valence-electron chi connectivity index (χ2n) is 19.5. The number of hydrogen-bond acceptors (Lipinski definition) is 13. The molecule has 0 spiro atoms. The van der Waals surface area contributed by atoms with Crippen LogP contribution in [0.2, 0.25) is 15.7 Å². The van der Waals surface area contributed by atoms with E-state index in [-0.39, 0.29) is 86.7 Å². The molecule has 1 saturated heterocycles. The van der Waals surface area contributed by atoms with Gasteiger partial charge in [-0.2, -0.15) is 39.5 Å². The molecule has 7 heterocycles. The Labute approximate surface area is 497 Å². The summed E-state index contributed by atoms with van der Waals surface area (Å²) in [5.74, 6) is -5.19. The first-order valence-electron chi connectivity index (χ1n) is 25.7. The summed E-state index contributed by atoms with van der Waals surface area (Å²) in [6.45, 7) is -1.84. The molecule has 4 aliphatic rings. The average molecular weight is 1300 g/mol. The first-order chi connectivity index (χ1) is 40.7. The van der Waals surface area contributed by atoms with Gasteiger partial charge in [-0.25, -0.2) is 71.2 Å². The Hall–Kier alpha value is -7.35. The number of nitrogens with one attached hydrogen (secondary N) is 2. The molecule has 13 rings (SSSR count). The Balaban J connectivity index is 0.000000155. The molecule has 6 aromatic heterocycles. The average Bonchev–Trinajstić information content (AvgIpc) is 2.27. The quantitative estimate of drug-likeness (QED) is 0.0667. The topological polar surface area (TPSA) is 190 Å². The van der Waals surface area contributed by atoms with Gasteiger partial charge in [0, 0.05) is 86.3 Å². The SMILES string of the molecule is C.C1CCOC1.Fc1cc2nc(-c3cnc(Cl)nc3Cl)n(C3CC3)c2cc1F.Fc1cc2nc(-c3cnc(Cl)nc3NCC(F)(F)F)n(C3CC3)c2cc1F.Fc1cc2nc(-c3cncnc3NCC(F)(F)F)n(C3CC3)c2cc1F.NCC(F)(F)F. The molecule has 87 heavy (non-hydrogen) atoms. The van der Waals surface area contributed by atoms with Gasteiger partial charge in [0.1, 0.15) is 53.7 Å². The van der Waals surface area contributed by atoms with E-state index in [9.17, 15) is 65.9 Å². The van der Waals surface area contributed by atoms with Crippen LogP contribution in [0, 0.1) is 34.9 Å². The number of anilines is 2. The van der Waals surface area contributed by atoms with Gasteiger partial charge in [0.2, 0.25) is 10.6 Å². The number of ether oxygens (including phenoxy) is 1. The molecule has 3 aromatic carbocycles. The third kappa shape index (κ3) is 16.6.